The maximum Gasteiger partial charge on any atom is 0.239 e. The van der Waals surface area contributed by atoms with Crippen LogP contribution in [-0.4, -0.2) is 36.3 Å². The van der Waals surface area contributed by atoms with Gasteiger partial charge < -0.3 is 9.64 Å². The first-order valence-electron chi connectivity index (χ1n) is 5.92. The minimum Gasteiger partial charge on any atom is -0.379 e. The number of ether oxygens (including phenoxy) is 1. The Morgan fingerprint density at radius 1 is 1.61 bits per heavy atom. The van der Waals surface area contributed by atoms with Crippen LogP contribution in [0.1, 0.15) is 13.3 Å². The Balaban J connectivity index is 2.20. The molecule has 0 spiro atoms. The molecule has 1 aliphatic rings. The molecule has 100 valence electrons. The molecule has 2 rings (SSSR count). The summed E-state index contributed by atoms with van der Waals surface area (Å²) < 4.78 is 6.38. The molecule has 0 amide bonds. The van der Waals surface area contributed by atoms with Crippen molar-refractivity contribution < 1.29 is 4.74 Å². The molecule has 1 aromatic rings. The van der Waals surface area contributed by atoms with E-state index in [0.29, 0.717) is 11.9 Å². The minimum atomic E-state index is 0.231. The van der Waals surface area contributed by atoms with Crippen LogP contribution in [0.15, 0.2) is 10.7 Å². The highest BCUT2D eigenvalue weighted by Crippen LogP contribution is 2.29. The van der Waals surface area contributed by atoms with E-state index in [9.17, 15) is 0 Å². The van der Waals surface area contributed by atoms with Gasteiger partial charge in [0.15, 0.2) is 0 Å². The highest BCUT2D eigenvalue weighted by atomic mass is 79.9. The molecule has 1 fully saturated rings. The van der Waals surface area contributed by atoms with Gasteiger partial charge in [0, 0.05) is 26.4 Å². The Bertz CT molecular complexity index is 416. The lowest BCUT2D eigenvalue weighted by Crippen LogP contribution is -2.44. The lowest BCUT2D eigenvalue weighted by molar-refractivity contribution is 0.0496. The maximum absolute atomic E-state index is 5.51. The first-order chi connectivity index (χ1) is 8.65. The van der Waals surface area contributed by atoms with E-state index in [2.05, 4.69) is 43.1 Å². The molecule has 1 saturated heterocycles. The van der Waals surface area contributed by atoms with E-state index >= 15 is 0 Å². The zero-order valence-electron chi connectivity index (χ0n) is 10.6. The minimum absolute atomic E-state index is 0.231. The van der Waals surface area contributed by atoms with Crippen LogP contribution < -0.4 is 16.2 Å². The van der Waals surface area contributed by atoms with Gasteiger partial charge in [0.1, 0.15) is 5.82 Å². The second kappa shape index (κ2) is 5.81. The highest BCUT2D eigenvalue weighted by molar-refractivity contribution is 9.10. The first-order valence-corrected chi connectivity index (χ1v) is 6.72. The number of nitrogens with zero attached hydrogens (tertiary/aromatic N) is 3. The number of halogens is 1. The number of rotatable bonds is 3. The number of anilines is 2. The monoisotopic (exact) mass is 315 g/mol. The summed E-state index contributed by atoms with van der Waals surface area (Å²) in [5.41, 5.74) is 2.47. The van der Waals surface area contributed by atoms with Crippen LogP contribution in [0.3, 0.4) is 0 Å². The first kappa shape index (κ1) is 13.5. The molecule has 2 unspecified atom stereocenters. The van der Waals surface area contributed by atoms with Crippen LogP contribution in [-0.2, 0) is 4.74 Å². The molecule has 0 radical (unpaired) electrons. The molecule has 6 nitrogen and oxygen atoms in total. The van der Waals surface area contributed by atoms with Gasteiger partial charge in [-0.25, -0.2) is 10.8 Å². The van der Waals surface area contributed by atoms with Crippen LogP contribution in [0.4, 0.5) is 11.8 Å². The van der Waals surface area contributed by atoms with Crippen molar-refractivity contribution >= 4 is 27.7 Å². The Morgan fingerprint density at radius 3 is 3.06 bits per heavy atom. The van der Waals surface area contributed by atoms with Crippen molar-refractivity contribution in [3.8, 4) is 0 Å². The largest absolute Gasteiger partial charge is 0.379 e. The van der Waals surface area contributed by atoms with Crippen molar-refractivity contribution in [2.75, 3.05) is 30.5 Å². The lowest BCUT2D eigenvalue weighted by atomic mass is 9.96. The Kier molecular flexibility index (Phi) is 4.36. The smallest absolute Gasteiger partial charge is 0.239 e. The number of nitrogens with one attached hydrogen (secondary N) is 1. The average molecular weight is 316 g/mol. The summed E-state index contributed by atoms with van der Waals surface area (Å²) >= 11 is 3.48. The van der Waals surface area contributed by atoms with Gasteiger partial charge in [0.25, 0.3) is 0 Å². The molecule has 1 aliphatic heterocycles. The van der Waals surface area contributed by atoms with E-state index < -0.39 is 0 Å². The van der Waals surface area contributed by atoms with Crippen LogP contribution in [0.5, 0.6) is 0 Å². The number of nitrogen functional groups attached to an aromatic ring is 1. The fourth-order valence-corrected chi connectivity index (χ4v) is 2.62. The topological polar surface area (TPSA) is 76.3 Å². The molecule has 3 N–H and O–H groups in total. The van der Waals surface area contributed by atoms with Crippen molar-refractivity contribution in [2.24, 2.45) is 11.8 Å². The van der Waals surface area contributed by atoms with Gasteiger partial charge in [-0.2, -0.15) is 4.98 Å². The molecule has 2 atom stereocenters. The average Bonchev–Trinajstić information content (AvgIpc) is 2.40. The van der Waals surface area contributed by atoms with Gasteiger partial charge in [0.05, 0.1) is 10.6 Å². The molecular formula is C11H18BrN5O. The number of aromatic nitrogens is 2. The van der Waals surface area contributed by atoms with E-state index in [0.717, 1.165) is 29.8 Å². The molecule has 0 aliphatic carbocycles. The SMILES string of the molecule is COC1CN(c2nc(NN)ncc2Br)CCC1C. The van der Waals surface area contributed by atoms with E-state index in [1.807, 2.05) is 0 Å². The van der Waals surface area contributed by atoms with Crippen molar-refractivity contribution in [3.05, 3.63) is 10.7 Å². The predicted molar refractivity (Wildman–Crippen MR) is 74.3 cm³/mol. The van der Waals surface area contributed by atoms with Crippen LogP contribution in [0.25, 0.3) is 0 Å². The van der Waals surface area contributed by atoms with E-state index in [-0.39, 0.29) is 6.10 Å². The zero-order valence-corrected chi connectivity index (χ0v) is 12.1. The third-order valence-corrected chi connectivity index (χ3v) is 3.91. The van der Waals surface area contributed by atoms with Gasteiger partial charge in [-0.3, -0.25) is 5.43 Å². The van der Waals surface area contributed by atoms with Gasteiger partial charge in [0.2, 0.25) is 5.95 Å². The number of methoxy groups -OCH3 is 1. The van der Waals surface area contributed by atoms with E-state index in [1.165, 1.54) is 0 Å². The predicted octanol–water partition coefficient (Wildman–Crippen LogP) is 1.39. The maximum atomic E-state index is 5.51. The molecule has 7 heteroatoms. The Labute approximate surface area is 115 Å². The van der Waals surface area contributed by atoms with E-state index in [4.69, 9.17) is 10.6 Å². The quantitative estimate of drug-likeness (QED) is 0.648. The number of hydrogen-bond acceptors (Lipinski definition) is 6. The number of nitrogens with two attached hydrogens (primary N) is 1. The van der Waals surface area contributed by atoms with E-state index in [1.54, 1.807) is 13.3 Å². The summed E-state index contributed by atoms with van der Waals surface area (Å²) in [5.74, 6) is 7.18. The molecule has 18 heavy (non-hydrogen) atoms. The Morgan fingerprint density at radius 2 is 2.39 bits per heavy atom. The summed E-state index contributed by atoms with van der Waals surface area (Å²) in [7, 11) is 1.76. The van der Waals surface area contributed by atoms with Gasteiger partial charge in [-0.15, -0.1) is 0 Å². The van der Waals surface area contributed by atoms with Gasteiger partial charge >= 0.3 is 0 Å². The molecular weight excluding hydrogens is 298 g/mol. The Hall–Kier alpha value is -0.920. The summed E-state index contributed by atoms with van der Waals surface area (Å²) in [6.07, 6.45) is 3.02. The lowest BCUT2D eigenvalue weighted by Gasteiger charge is -2.37. The number of hydrogen-bond donors (Lipinski definition) is 2. The third kappa shape index (κ3) is 2.73. The van der Waals surface area contributed by atoms with Gasteiger partial charge in [-0.1, -0.05) is 6.92 Å². The fourth-order valence-electron chi connectivity index (χ4n) is 2.18. The number of piperidine rings is 1. The normalized spacial score (nSPS) is 24.1. The summed E-state index contributed by atoms with van der Waals surface area (Å²) in [4.78, 5) is 10.6. The van der Waals surface area contributed by atoms with Crippen LogP contribution in [0, 0.1) is 5.92 Å². The summed E-state index contributed by atoms with van der Waals surface area (Å²) in [5, 5.41) is 0. The standard InChI is InChI=1S/C11H18BrN5O/c1-7-3-4-17(6-9(7)18-2)10-8(12)5-14-11(15-10)16-13/h5,7,9H,3-4,6,13H2,1-2H3,(H,14,15,16). The zero-order chi connectivity index (χ0) is 13.1. The second-order valence-corrected chi connectivity index (χ2v) is 5.35. The molecule has 1 aromatic heterocycles. The fraction of sp³-hybridized carbons (Fsp3) is 0.636. The second-order valence-electron chi connectivity index (χ2n) is 4.50. The van der Waals surface area contributed by atoms with Crippen LogP contribution >= 0.6 is 15.9 Å². The molecule has 0 saturated carbocycles. The third-order valence-electron chi connectivity index (χ3n) is 3.35. The van der Waals surface area contributed by atoms with Crippen molar-refractivity contribution in [2.45, 2.75) is 19.4 Å². The summed E-state index contributed by atoms with van der Waals surface area (Å²) in [6.45, 7) is 4.01. The van der Waals surface area contributed by atoms with Crippen molar-refractivity contribution in [1.29, 1.82) is 0 Å². The van der Waals surface area contributed by atoms with Crippen molar-refractivity contribution in [3.63, 3.8) is 0 Å². The molecule has 2 heterocycles. The summed E-state index contributed by atoms with van der Waals surface area (Å²) in [6, 6.07) is 0. The highest BCUT2D eigenvalue weighted by Gasteiger charge is 2.27. The van der Waals surface area contributed by atoms with Gasteiger partial charge in [-0.05, 0) is 28.3 Å². The van der Waals surface area contributed by atoms with Crippen molar-refractivity contribution in [1.82, 2.24) is 9.97 Å². The molecule has 0 aromatic carbocycles. The number of hydrazine groups is 1. The van der Waals surface area contributed by atoms with Crippen LogP contribution in [0.2, 0.25) is 0 Å². The molecule has 0 bridgehead atoms.